The van der Waals surface area contributed by atoms with Crippen LogP contribution in [0.25, 0.3) is 0 Å². The monoisotopic (exact) mass is 113 g/mol. The second kappa shape index (κ2) is 10.0. The number of rotatable bonds is 3. The molecule has 0 aliphatic carbocycles. The maximum atomic E-state index is 4.66. The summed E-state index contributed by atoms with van der Waals surface area (Å²) in [5.74, 6) is 0. The van der Waals surface area contributed by atoms with E-state index in [1.54, 1.807) is 14.2 Å². The van der Waals surface area contributed by atoms with Crippen molar-refractivity contribution in [3.63, 3.8) is 0 Å². The van der Waals surface area contributed by atoms with Gasteiger partial charge in [-0.05, 0) is 0 Å². The van der Waals surface area contributed by atoms with E-state index in [9.17, 15) is 0 Å². The van der Waals surface area contributed by atoms with Crippen molar-refractivity contribution < 1.29 is 9.47 Å². The molecule has 3 heteroatoms. The average Bonchev–Trinajstić information content (AvgIpc) is 1.61. The van der Waals surface area contributed by atoms with Gasteiger partial charge in [-0.1, -0.05) is 0 Å². The summed E-state index contributed by atoms with van der Waals surface area (Å²) in [6.45, 7) is 1.38. The fraction of sp³-hybridized carbons (Fsp3) is 1.00. The van der Waals surface area contributed by atoms with Gasteiger partial charge in [0.15, 0.2) is 0 Å². The number of methoxy groups -OCH3 is 2. The Hall–Kier alpha value is 0.920. The van der Waals surface area contributed by atoms with Crippen molar-refractivity contribution in [1.29, 1.82) is 0 Å². The molecule has 1 radical (unpaired) electrons. The van der Waals surface area contributed by atoms with E-state index in [0.717, 1.165) is 0 Å². The average molecular weight is 113 g/mol. The van der Waals surface area contributed by atoms with Crippen LogP contribution in [-0.4, -0.2) is 57.0 Å². The maximum Gasteiger partial charge on any atom is 0.0696 e. The molecule has 0 aromatic heterocycles. The first kappa shape index (κ1) is 10.8. The molecule has 0 saturated carbocycles. The van der Waals surface area contributed by atoms with Gasteiger partial charge in [0.05, 0.1) is 13.2 Å². The van der Waals surface area contributed by atoms with Gasteiger partial charge in [-0.3, -0.25) is 0 Å². The van der Waals surface area contributed by atoms with Crippen LogP contribution in [0.4, 0.5) is 0 Å². The second-order valence-corrected chi connectivity index (χ2v) is 0.986. The van der Waals surface area contributed by atoms with Crippen LogP contribution in [0, 0.1) is 0 Å². The maximum absolute atomic E-state index is 4.66. The number of hydrogen-bond acceptors (Lipinski definition) is 2. The molecule has 0 aromatic carbocycles. The summed E-state index contributed by atoms with van der Waals surface area (Å²) in [6.07, 6.45) is 0. The molecule has 7 heavy (non-hydrogen) atoms. The Labute approximate surface area is 66.5 Å². The fourth-order valence-corrected chi connectivity index (χ4v) is 0.167. The molecule has 39 valence electrons. The molecule has 0 rings (SSSR count). The minimum atomic E-state index is 0. The molecule has 0 unspecified atom stereocenters. The Kier molecular flexibility index (Phi) is 15.5. The van der Waals surface area contributed by atoms with Gasteiger partial charge in [0, 0.05) is 43.8 Å². The molecule has 0 saturated heterocycles. The van der Waals surface area contributed by atoms with Crippen LogP contribution in [-0.2, 0) is 9.47 Å². The van der Waals surface area contributed by atoms with Gasteiger partial charge >= 0.3 is 0 Å². The Morgan fingerprint density at radius 1 is 1.00 bits per heavy atom. The molecule has 0 aromatic rings. The molecular formula is C4H10NaO2. The largest absolute Gasteiger partial charge is 0.382 e. The summed E-state index contributed by atoms with van der Waals surface area (Å²) in [7, 11) is 3.30. The van der Waals surface area contributed by atoms with Crippen LogP contribution in [0.5, 0.6) is 0 Å². The van der Waals surface area contributed by atoms with Gasteiger partial charge in [-0.15, -0.1) is 0 Å². The van der Waals surface area contributed by atoms with E-state index in [-0.39, 0.29) is 29.6 Å². The summed E-state index contributed by atoms with van der Waals surface area (Å²) < 4.78 is 9.31. The predicted molar refractivity (Wildman–Crippen MR) is 29.5 cm³/mol. The Morgan fingerprint density at radius 3 is 1.43 bits per heavy atom. The van der Waals surface area contributed by atoms with E-state index in [0.29, 0.717) is 13.2 Å². The van der Waals surface area contributed by atoms with E-state index in [2.05, 4.69) is 9.47 Å². The normalized spacial score (nSPS) is 7.71. The third kappa shape index (κ3) is 10.9. The third-order valence-corrected chi connectivity index (χ3v) is 0.492. The fourth-order valence-electron chi connectivity index (χ4n) is 0.167. The quantitative estimate of drug-likeness (QED) is 0.376. The van der Waals surface area contributed by atoms with Crippen LogP contribution >= 0.6 is 0 Å². The van der Waals surface area contributed by atoms with Crippen LogP contribution in [0.1, 0.15) is 0 Å². The zero-order valence-electron chi connectivity index (χ0n) is 5.23. The molecule has 0 N–H and O–H groups in total. The zero-order valence-corrected chi connectivity index (χ0v) is 7.23. The van der Waals surface area contributed by atoms with Crippen molar-refractivity contribution >= 4 is 29.6 Å². The molecule has 0 aliphatic heterocycles. The summed E-state index contributed by atoms with van der Waals surface area (Å²) in [5, 5.41) is 0. The smallest absolute Gasteiger partial charge is 0.0696 e. The Bertz CT molecular complexity index is 21.7. The summed E-state index contributed by atoms with van der Waals surface area (Å²) in [4.78, 5) is 0. The molecule has 0 atom stereocenters. The first-order valence-corrected chi connectivity index (χ1v) is 1.89. The summed E-state index contributed by atoms with van der Waals surface area (Å²) in [6, 6.07) is 0. The van der Waals surface area contributed by atoms with E-state index in [1.807, 2.05) is 0 Å². The number of hydrogen-bond donors (Lipinski definition) is 0. The second-order valence-electron chi connectivity index (χ2n) is 0.986. The topological polar surface area (TPSA) is 18.5 Å². The standard InChI is InChI=1S/C4H10O2.Na/c1-5-3-4-6-2;/h3-4H2,1-2H3;. The van der Waals surface area contributed by atoms with Gasteiger partial charge in [0.25, 0.3) is 0 Å². The zero-order chi connectivity index (χ0) is 4.83. The minimum Gasteiger partial charge on any atom is -0.382 e. The van der Waals surface area contributed by atoms with Crippen molar-refractivity contribution in [2.75, 3.05) is 27.4 Å². The van der Waals surface area contributed by atoms with Crippen molar-refractivity contribution in [1.82, 2.24) is 0 Å². The minimum absolute atomic E-state index is 0. The van der Waals surface area contributed by atoms with E-state index in [1.165, 1.54) is 0 Å². The van der Waals surface area contributed by atoms with Gasteiger partial charge in [0.2, 0.25) is 0 Å². The van der Waals surface area contributed by atoms with Crippen molar-refractivity contribution in [3.05, 3.63) is 0 Å². The molecule has 2 nitrogen and oxygen atoms in total. The van der Waals surface area contributed by atoms with Gasteiger partial charge in [0.1, 0.15) is 0 Å². The molecule has 0 fully saturated rings. The van der Waals surface area contributed by atoms with E-state index < -0.39 is 0 Å². The number of ether oxygens (including phenoxy) is 2. The van der Waals surface area contributed by atoms with Gasteiger partial charge in [-0.25, -0.2) is 0 Å². The third-order valence-electron chi connectivity index (χ3n) is 0.492. The SMILES string of the molecule is COCCOC.[Na]. The molecule has 0 bridgehead atoms. The Morgan fingerprint density at radius 2 is 1.29 bits per heavy atom. The van der Waals surface area contributed by atoms with Crippen LogP contribution in [0.3, 0.4) is 0 Å². The van der Waals surface area contributed by atoms with Crippen molar-refractivity contribution in [2.45, 2.75) is 0 Å². The molecule has 0 amide bonds. The van der Waals surface area contributed by atoms with E-state index >= 15 is 0 Å². The van der Waals surface area contributed by atoms with Crippen LogP contribution in [0.2, 0.25) is 0 Å². The van der Waals surface area contributed by atoms with Crippen LogP contribution < -0.4 is 0 Å². The van der Waals surface area contributed by atoms with Crippen molar-refractivity contribution in [3.8, 4) is 0 Å². The molecule has 0 aliphatic rings. The summed E-state index contributed by atoms with van der Waals surface area (Å²) >= 11 is 0. The molecule has 0 spiro atoms. The van der Waals surface area contributed by atoms with Crippen molar-refractivity contribution in [2.24, 2.45) is 0 Å². The van der Waals surface area contributed by atoms with Gasteiger partial charge < -0.3 is 9.47 Å². The first-order chi connectivity index (χ1) is 2.91. The summed E-state index contributed by atoms with van der Waals surface area (Å²) in [5.41, 5.74) is 0. The van der Waals surface area contributed by atoms with Gasteiger partial charge in [-0.2, -0.15) is 0 Å². The van der Waals surface area contributed by atoms with E-state index in [4.69, 9.17) is 0 Å². The first-order valence-electron chi connectivity index (χ1n) is 1.89. The Balaban J connectivity index is 0. The van der Waals surface area contributed by atoms with Crippen LogP contribution in [0.15, 0.2) is 0 Å². The molecule has 0 heterocycles. The molecular weight excluding hydrogens is 103 g/mol. The predicted octanol–water partition coefficient (Wildman–Crippen LogP) is -0.102.